The fourth-order valence-electron chi connectivity index (χ4n) is 1.87. The maximum atomic E-state index is 6.25. The van der Waals surface area contributed by atoms with Crippen molar-refractivity contribution in [3.8, 4) is 5.75 Å². The van der Waals surface area contributed by atoms with Gasteiger partial charge in [-0.15, -0.1) is 0 Å². The number of rotatable bonds is 11. The Morgan fingerprint density at radius 3 is 2.71 bits per heavy atom. The van der Waals surface area contributed by atoms with E-state index < -0.39 is 0 Å². The molecule has 4 heteroatoms. The van der Waals surface area contributed by atoms with Crippen LogP contribution in [0.5, 0.6) is 5.75 Å². The predicted molar refractivity (Wildman–Crippen MR) is 89.2 cm³/mol. The van der Waals surface area contributed by atoms with Crippen LogP contribution < -0.4 is 10.1 Å². The zero-order valence-electron chi connectivity index (χ0n) is 13.5. The lowest BCUT2D eigenvalue weighted by Crippen LogP contribution is -2.16. The van der Waals surface area contributed by atoms with E-state index in [0.717, 1.165) is 48.9 Å². The van der Waals surface area contributed by atoms with Gasteiger partial charge in [0.15, 0.2) is 0 Å². The molecule has 0 saturated heterocycles. The Morgan fingerprint density at radius 1 is 1.19 bits per heavy atom. The summed E-state index contributed by atoms with van der Waals surface area (Å²) in [6.45, 7) is 10.2. The molecule has 0 radical (unpaired) electrons. The van der Waals surface area contributed by atoms with Gasteiger partial charge in [-0.25, -0.2) is 0 Å². The third kappa shape index (κ3) is 7.70. The highest BCUT2D eigenvalue weighted by molar-refractivity contribution is 6.31. The van der Waals surface area contributed by atoms with Crippen molar-refractivity contribution >= 4 is 11.6 Å². The molecule has 0 aliphatic heterocycles. The van der Waals surface area contributed by atoms with Crippen molar-refractivity contribution < 1.29 is 9.47 Å². The third-order valence-corrected chi connectivity index (χ3v) is 3.48. The minimum atomic E-state index is 0.555. The molecule has 0 heterocycles. The van der Waals surface area contributed by atoms with Gasteiger partial charge in [-0.05, 0) is 37.4 Å². The Labute approximate surface area is 134 Å². The van der Waals surface area contributed by atoms with Gasteiger partial charge in [0, 0.05) is 23.7 Å². The van der Waals surface area contributed by atoms with Crippen LogP contribution in [0.2, 0.25) is 5.02 Å². The van der Waals surface area contributed by atoms with E-state index in [-0.39, 0.29) is 0 Å². The summed E-state index contributed by atoms with van der Waals surface area (Å²) in [5.41, 5.74) is 1.02. The van der Waals surface area contributed by atoms with Crippen LogP contribution in [0.25, 0.3) is 0 Å². The van der Waals surface area contributed by atoms with Crippen molar-refractivity contribution in [2.45, 2.75) is 40.2 Å². The molecule has 1 rings (SSSR count). The van der Waals surface area contributed by atoms with Gasteiger partial charge in [-0.2, -0.15) is 0 Å². The number of nitrogens with one attached hydrogen (secondary N) is 1. The lowest BCUT2D eigenvalue weighted by Gasteiger charge is -2.14. The average molecular weight is 314 g/mol. The zero-order chi connectivity index (χ0) is 15.5. The number of halogens is 1. The summed E-state index contributed by atoms with van der Waals surface area (Å²) in [5.74, 6) is 1.52. The normalized spacial score (nSPS) is 11.1. The highest BCUT2D eigenvalue weighted by Crippen LogP contribution is 2.26. The molecule has 0 aliphatic rings. The monoisotopic (exact) mass is 313 g/mol. The average Bonchev–Trinajstić information content (AvgIpc) is 2.45. The lowest BCUT2D eigenvalue weighted by molar-refractivity contribution is 0.0922. The molecular weight excluding hydrogens is 286 g/mol. The second kappa shape index (κ2) is 10.9. The fourth-order valence-corrected chi connectivity index (χ4v) is 2.10. The Balaban J connectivity index is 2.37. The van der Waals surface area contributed by atoms with Crippen LogP contribution in [-0.4, -0.2) is 26.4 Å². The first-order chi connectivity index (χ1) is 10.1. The van der Waals surface area contributed by atoms with E-state index in [2.05, 4.69) is 26.1 Å². The second-order valence-corrected chi connectivity index (χ2v) is 5.94. The quantitative estimate of drug-likeness (QED) is 0.618. The van der Waals surface area contributed by atoms with Crippen LogP contribution in [0.1, 0.15) is 39.2 Å². The molecule has 21 heavy (non-hydrogen) atoms. The molecule has 0 unspecified atom stereocenters. The van der Waals surface area contributed by atoms with Crippen molar-refractivity contribution in [3.05, 3.63) is 28.8 Å². The minimum absolute atomic E-state index is 0.555. The number of benzene rings is 1. The Morgan fingerprint density at radius 2 is 2.00 bits per heavy atom. The van der Waals surface area contributed by atoms with Crippen molar-refractivity contribution in [2.24, 2.45) is 5.92 Å². The van der Waals surface area contributed by atoms with E-state index in [1.807, 2.05) is 18.2 Å². The maximum absolute atomic E-state index is 6.25. The van der Waals surface area contributed by atoms with Crippen LogP contribution >= 0.6 is 11.6 Å². The van der Waals surface area contributed by atoms with Crippen molar-refractivity contribution in [1.29, 1.82) is 0 Å². The van der Waals surface area contributed by atoms with Crippen LogP contribution in [0.15, 0.2) is 18.2 Å². The van der Waals surface area contributed by atoms with Crippen LogP contribution in [0.4, 0.5) is 0 Å². The zero-order valence-corrected chi connectivity index (χ0v) is 14.2. The molecule has 3 nitrogen and oxygen atoms in total. The smallest absolute Gasteiger partial charge is 0.125 e. The molecular formula is C17H28ClNO2. The molecule has 0 fully saturated rings. The lowest BCUT2D eigenvalue weighted by atomic mass is 10.1. The summed E-state index contributed by atoms with van der Waals surface area (Å²) in [6.07, 6.45) is 2.19. The molecule has 0 aromatic heterocycles. The largest absolute Gasteiger partial charge is 0.491 e. The topological polar surface area (TPSA) is 30.5 Å². The standard InChI is InChI=1S/C17H28ClNO2/c1-4-9-19-13-15-16(18)6-5-7-17(15)21-12-11-20-10-8-14(2)3/h5-7,14,19H,4,8-13H2,1-3H3. The van der Waals surface area contributed by atoms with Crippen LogP contribution in [-0.2, 0) is 11.3 Å². The highest BCUT2D eigenvalue weighted by atomic mass is 35.5. The van der Waals surface area contributed by atoms with E-state index in [0.29, 0.717) is 19.1 Å². The van der Waals surface area contributed by atoms with Gasteiger partial charge < -0.3 is 14.8 Å². The number of hydrogen-bond acceptors (Lipinski definition) is 3. The SMILES string of the molecule is CCCNCc1c(Cl)cccc1OCCOCCC(C)C. The number of hydrogen-bond donors (Lipinski definition) is 1. The van der Waals surface area contributed by atoms with Crippen LogP contribution in [0.3, 0.4) is 0 Å². The first-order valence-corrected chi connectivity index (χ1v) is 8.21. The molecule has 120 valence electrons. The van der Waals surface area contributed by atoms with E-state index in [1.54, 1.807) is 0 Å². The third-order valence-electron chi connectivity index (χ3n) is 3.13. The van der Waals surface area contributed by atoms with Gasteiger partial charge >= 0.3 is 0 Å². The summed E-state index contributed by atoms with van der Waals surface area (Å²) in [4.78, 5) is 0. The molecule has 1 aromatic rings. The van der Waals surface area contributed by atoms with E-state index in [4.69, 9.17) is 21.1 Å². The second-order valence-electron chi connectivity index (χ2n) is 5.54. The first kappa shape index (κ1) is 18.3. The summed E-state index contributed by atoms with van der Waals surface area (Å²) >= 11 is 6.25. The Bertz CT molecular complexity index is 396. The molecule has 0 aliphatic carbocycles. The summed E-state index contributed by atoms with van der Waals surface area (Å²) in [7, 11) is 0. The molecule has 0 amide bonds. The van der Waals surface area contributed by atoms with Crippen molar-refractivity contribution in [3.63, 3.8) is 0 Å². The van der Waals surface area contributed by atoms with Gasteiger partial charge in [-0.3, -0.25) is 0 Å². The summed E-state index contributed by atoms with van der Waals surface area (Å²) in [6, 6.07) is 5.78. The van der Waals surface area contributed by atoms with E-state index in [1.165, 1.54) is 0 Å². The van der Waals surface area contributed by atoms with Gasteiger partial charge in [0.2, 0.25) is 0 Å². The molecule has 1 aromatic carbocycles. The first-order valence-electron chi connectivity index (χ1n) is 7.83. The Hall–Kier alpha value is -0.770. The highest BCUT2D eigenvalue weighted by Gasteiger charge is 2.07. The molecule has 0 saturated carbocycles. The fraction of sp³-hybridized carbons (Fsp3) is 0.647. The van der Waals surface area contributed by atoms with Gasteiger partial charge in [0.1, 0.15) is 12.4 Å². The molecule has 1 N–H and O–H groups in total. The van der Waals surface area contributed by atoms with E-state index in [9.17, 15) is 0 Å². The van der Waals surface area contributed by atoms with Crippen molar-refractivity contribution in [1.82, 2.24) is 5.32 Å². The maximum Gasteiger partial charge on any atom is 0.125 e. The minimum Gasteiger partial charge on any atom is -0.491 e. The molecule has 0 bridgehead atoms. The van der Waals surface area contributed by atoms with Gasteiger partial charge in [0.05, 0.1) is 6.61 Å². The van der Waals surface area contributed by atoms with Crippen LogP contribution in [0, 0.1) is 5.92 Å². The van der Waals surface area contributed by atoms with E-state index >= 15 is 0 Å². The molecule has 0 spiro atoms. The van der Waals surface area contributed by atoms with Gasteiger partial charge in [0.25, 0.3) is 0 Å². The summed E-state index contributed by atoms with van der Waals surface area (Å²) < 4.78 is 11.4. The summed E-state index contributed by atoms with van der Waals surface area (Å²) in [5, 5.41) is 4.11. The molecule has 0 atom stereocenters. The van der Waals surface area contributed by atoms with Crippen molar-refractivity contribution in [2.75, 3.05) is 26.4 Å². The Kier molecular flexibility index (Phi) is 9.48. The number of ether oxygens (including phenoxy) is 2. The predicted octanol–water partition coefficient (Wildman–Crippen LogP) is 4.28. The van der Waals surface area contributed by atoms with Gasteiger partial charge in [-0.1, -0.05) is 38.4 Å².